The van der Waals surface area contributed by atoms with Gasteiger partial charge in [-0.1, -0.05) is 6.07 Å². The molecule has 0 saturated heterocycles. The number of benzene rings is 1. The first-order valence-corrected chi connectivity index (χ1v) is 3.04. The average molecular weight is 179 g/mol. The van der Waals surface area contributed by atoms with Crippen LogP contribution in [0.3, 0.4) is 0 Å². The highest BCUT2D eigenvalue weighted by molar-refractivity contribution is 5.48. The maximum absolute atomic E-state index is 12.5. The summed E-state index contributed by atoms with van der Waals surface area (Å²) in [5, 5.41) is 0. The van der Waals surface area contributed by atoms with Crippen LogP contribution >= 0.6 is 0 Å². The quantitative estimate of drug-likeness (QED) is 0.480. The Labute approximate surface area is 65.8 Å². The van der Waals surface area contributed by atoms with Crippen molar-refractivity contribution in [1.29, 1.82) is 0 Å². The minimum atomic E-state index is -4.73. The molecule has 0 aromatic heterocycles. The summed E-state index contributed by atoms with van der Waals surface area (Å²) < 4.78 is 48.5. The van der Waals surface area contributed by atoms with Gasteiger partial charge in [-0.15, -0.1) is 0 Å². The number of anilines is 1. The zero-order valence-corrected chi connectivity index (χ0v) is 5.82. The molecule has 0 bridgehead atoms. The molecule has 0 aliphatic rings. The molecule has 0 unspecified atom stereocenters. The first-order valence-electron chi connectivity index (χ1n) is 3.04. The molecule has 1 aromatic rings. The zero-order chi connectivity index (χ0) is 9.35. The summed E-state index contributed by atoms with van der Waals surface area (Å²) in [4.78, 5) is 0. The number of halogens is 4. The van der Waals surface area contributed by atoms with E-state index in [2.05, 4.69) is 0 Å². The molecule has 2 N–H and O–H groups in total. The van der Waals surface area contributed by atoms with Gasteiger partial charge in [0.15, 0.2) is 0 Å². The zero-order valence-electron chi connectivity index (χ0n) is 5.82. The summed E-state index contributed by atoms with van der Waals surface area (Å²) in [6, 6.07) is 2.85. The SMILES string of the molecule is Nc1cccc(F)c1C(F)(F)F. The van der Waals surface area contributed by atoms with Crippen LogP contribution in [0, 0.1) is 5.82 Å². The van der Waals surface area contributed by atoms with Gasteiger partial charge >= 0.3 is 6.18 Å². The molecule has 12 heavy (non-hydrogen) atoms. The largest absolute Gasteiger partial charge is 0.421 e. The van der Waals surface area contributed by atoms with E-state index in [4.69, 9.17) is 5.73 Å². The summed E-state index contributed by atoms with van der Waals surface area (Å²) in [5.74, 6) is -1.34. The lowest BCUT2D eigenvalue weighted by Gasteiger charge is -2.09. The Hall–Kier alpha value is -1.26. The van der Waals surface area contributed by atoms with Crippen LogP contribution in [0.15, 0.2) is 18.2 Å². The molecule has 0 heterocycles. The molecular weight excluding hydrogens is 174 g/mol. The fourth-order valence-corrected chi connectivity index (χ4v) is 0.840. The molecule has 5 heteroatoms. The van der Waals surface area contributed by atoms with Gasteiger partial charge in [-0.2, -0.15) is 13.2 Å². The minimum Gasteiger partial charge on any atom is -0.398 e. The van der Waals surface area contributed by atoms with E-state index in [1.165, 1.54) is 0 Å². The van der Waals surface area contributed by atoms with E-state index in [0.29, 0.717) is 0 Å². The van der Waals surface area contributed by atoms with Crippen LogP contribution in [0.25, 0.3) is 0 Å². The number of rotatable bonds is 0. The first kappa shape index (κ1) is 8.83. The van der Waals surface area contributed by atoms with E-state index in [1.807, 2.05) is 0 Å². The van der Waals surface area contributed by atoms with Gasteiger partial charge in [-0.25, -0.2) is 4.39 Å². The fraction of sp³-hybridized carbons (Fsp3) is 0.143. The van der Waals surface area contributed by atoms with Gasteiger partial charge in [0.25, 0.3) is 0 Å². The van der Waals surface area contributed by atoms with Gasteiger partial charge in [-0.05, 0) is 12.1 Å². The maximum Gasteiger partial charge on any atom is 0.421 e. The molecule has 1 nitrogen and oxygen atoms in total. The summed E-state index contributed by atoms with van der Waals surface area (Å²) in [6.45, 7) is 0. The predicted octanol–water partition coefficient (Wildman–Crippen LogP) is 2.43. The Morgan fingerprint density at radius 1 is 1.17 bits per heavy atom. The van der Waals surface area contributed by atoms with Gasteiger partial charge in [0.05, 0.1) is 0 Å². The van der Waals surface area contributed by atoms with Gasteiger partial charge in [-0.3, -0.25) is 0 Å². The molecule has 0 aliphatic heterocycles. The number of nitrogen functional groups attached to an aromatic ring is 1. The fourth-order valence-electron chi connectivity index (χ4n) is 0.840. The van der Waals surface area contributed by atoms with Crippen molar-refractivity contribution < 1.29 is 17.6 Å². The third-order valence-electron chi connectivity index (χ3n) is 1.33. The second kappa shape index (κ2) is 2.66. The molecule has 0 aliphatic carbocycles. The number of hydrogen-bond donors (Lipinski definition) is 1. The topological polar surface area (TPSA) is 26.0 Å². The molecule has 0 radical (unpaired) electrons. The van der Waals surface area contributed by atoms with Crippen LogP contribution in [-0.4, -0.2) is 0 Å². The van der Waals surface area contributed by atoms with E-state index in [0.717, 1.165) is 18.2 Å². The standard InChI is InChI=1S/C7H5F4N/c8-4-2-1-3-5(12)6(4)7(9,10)11/h1-3H,12H2. The molecule has 66 valence electrons. The Bertz CT molecular complexity index is 272. The molecular formula is C7H5F4N. The van der Waals surface area contributed by atoms with Crippen LogP contribution in [0.1, 0.15) is 5.56 Å². The van der Waals surface area contributed by atoms with Crippen LogP contribution in [0.5, 0.6) is 0 Å². The van der Waals surface area contributed by atoms with E-state index >= 15 is 0 Å². The van der Waals surface area contributed by atoms with Crippen molar-refractivity contribution in [2.75, 3.05) is 5.73 Å². The Morgan fingerprint density at radius 2 is 1.75 bits per heavy atom. The average Bonchev–Trinajstić information content (AvgIpc) is 1.82. The Kier molecular flexibility index (Phi) is 1.95. The molecule has 0 fully saturated rings. The molecule has 0 amide bonds. The van der Waals surface area contributed by atoms with Gasteiger partial charge in [0.2, 0.25) is 0 Å². The lowest BCUT2D eigenvalue weighted by molar-refractivity contribution is -0.139. The second-order valence-electron chi connectivity index (χ2n) is 2.20. The highest BCUT2D eigenvalue weighted by Crippen LogP contribution is 2.34. The lowest BCUT2D eigenvalue weighted by atomic mass is 10.1. The van der Waals surface area contributed by atoms with Crippen molar-refractivity contribution in [3.05, 3.63) is 29.6 Å². The summed E-state index contributed by atoms with van der Waals surface area (Å²) >= 11 is 0. The second-order valence-corrected chi connectivity index (χ2v) is 2.20. The summed E-state index contributed by atoms with van der Waals surface area (Å²) in [5.41, 5.74) is 2.95. The summed E-state index contributed by atoms with van der Waals surface area (Å²) in [7, 11) is 0. The van der Waals surface area contributed by atoms with Gasteiger partial charge in [0.1, 0.15) is 11.4 Å². The Balaban J connectivity index is 3.31. The first-order chi connectivity index (χ1) is 5.43. The molecule has 1 rings (SSSR count). The molecule has 0 atom stereocenters. The molecule has 0 spiro atoms. The minimum absolute atomic E-state index is 0.595. The van der Waals surface area contributed by atoms with Crippen molar-refractivity contribution in [3.63, 3.8) is 0 Å². The predicted molar refractivity (Wildman–Crippen MR) is 35.8 cm³/mol. The third kappa shape index (κ3) is 1.49. The monoisotopic (exact) mass is 179 g/mol. The number of alkyl halides is 3. The van der Waals surface area contributed by atoms with Crippen molar-refractivity contribution in [3.8, 4) is 0 Å². The van der Waals surface area contributed by atoms with Crippen molar-refractivity contribution in [2.45, 2.75) is 6.18 Å². The van der Waals surface area contributed by atoms with E-state index in [1.54, 1.807) is 0 Å². The van der Waals surface area contributed by atoms with Gasteiger partial charge < -0.3 is 5.73 Å². The van der Waals surface area contributed by atoms with Gasteiger partial charge in [0, 0.05) is 5.69 Å². The van der Waals surface area contributed by atoms with Crippen molar-refractivity contribution in [1.82, 2.24) is 0 Å². The highest BCUT2D eigenvalue weighted by atomic mass is 19.4. The van der Waals surface area contributed by atoms with Crippen molar-refractivity contribution >= 4 is 5.69 Å². The van der Waals surface area contributed by atoms with Crippen LogP contribution in [0.2, 0.25) is 0 Å². The third-order valence-corrected chi connectivity index (χ3v) is 1.33. The molecule has 1 aromatic carbocycles. The summed E-state index contributed by atoms with van der Waals surface area (Å²) in [6.07, 6.45) is -4.73. The van der Waals surface area contributed by atoms with Crippen molar-refractivity contribution in [2.24, 2.45) is 0 Å². The lowest BCUT2D eigenvalue weighted by Crippen LogP contribution is -2.11. The number of hydrogen-bond acceptors (Lipinski definition) is 1. The Morgan fingerprint density at radius 3 is 2.08 bits per heavy atom. The maximum atomic E-state index is 12.5. The van der Waals surface area contributed by atoms with E-state index in [9.17, 15) is 17.6 Å². The highest BCUT2D eigenvalue weighted by Gasteiger charge is 2.36. The van der Waals surface area contributed by atoms with E-state index < -0.39 is 23.2 Å². The smallest absolute Gasteiger partial charge is 0.398 e. The van der Waals surface area contributed by atoms with E-state index in [-0.39, 0.29) is 0 Å². The normalized spacial score (nSPS) is 11.7. The van der Waals surface area contributed by atoms with Crippen LogP contribution in [0.4, 0.5) is 23.2 Å². The van der Waals surface area contributed by atoms with Crippen LogP contribution < -0.4 is 5.73 Å². The molecule has 0 saturated carbocycles. The van der Waals surface area contributed by atoms with Crippen LogP contribution in [-0.2, 0) is 6.18 Å². The number of nitrogens with two attached hydrogens (primary N) is 1.